The van der Waals surface area contributed by atoms with Gasteiger partial charge in [0.05, 0.1) is 19.0 Å². The predicted octanol–water partition coefficient (Wildman–Crippen LogP) is 1.92. The summed E-state index contributed by atoms with van der Waals surface area (Å²) >= 11 is 5.53. The molecule has 0 spiro atoms. The van der Waals surface area contributed by atoms with Crippen LogP contribution >= 0.6 is 11.6 Å². The average Bonchev–Trinajstić information content (AvgIpc) is 2.24. The summed E-state index contributed by atoms with van der Waals surface area (Å²) in [7, 11) is 0. The second-order valence-corrected chi connectivity index (χ2v) is 3.08. The van der Waals surface area contributed by atoms with Gasteiger partial charge in [-0.05, 0) is 6.42 Å². The zero-order valence-electron chi connectivity index (χ0n) is 8.16. The van der Waals surface area contributed by atoms with Crippen molar-refractivity contribution in [2.45, 2.75) is 13.3 Å². The van der Waals surface area contributed by atoms with Crippen LogP contribution in [-0.2, 0) is 0 Å². The van der Waals surface area contributed by atoms with E-state index in [1.165, 1.54) is 0 Å². The highest BCUT2D eigenvalue weighted by molar-refractivity contribution is 6.18. The Morgan fingerprint density at radius 1 is 1.50 bits per heavy atom. The second-order valence-electron chi connectivity index (χ2n) is 2.71. The van der Waals surface area contributed by atoms with Crippen molar-refractivity contribution in [3.05, 3.63) is 12.4 Å². The highest BCUT2D eigenvalue weighted by Gasteiger charge is 1.97. The van der Waals surface area contributed by atoms with Crippen molar-refractivity contribution in [1.82, 2.24) is 9.97 Å². The lowest BCUT2D eigenvalue weighted by atomic mass is 10.5. The number of aromatic nitrogens is 2. The van der Waals surface area contributed by atoms with Crippen LogP contribution in [0, 0.1) is 0 Å². The third kappa shape index (κ3) is 3.79. The molecule has 1 heterocycles. The lowest BCUT2D eigenvalue weighted by molar-refractivity contribution is 0.304. The lowest BCUT2D eigenvalue weighted by Crippen LogP contribution is -2.06. The molecule has 14 heavy (non-hydrogen) atoms. The molecular formula is C9H14ClN3O. The molecule has 0 unspecified atom stereocenters. The lowest BCUT2D eigenvalue weighted by Gasteiger charge is -2.05. The Morgan fingerprint density at radius 2 is 2.36 bits per heavy atom. The number of rotatable bonds is 6. The smallest absolute Gasteiger partial charge is 0.234 e. The summed E-state index contributed by atoms with van der Waals surface area (Å²) in [5.74, 6) is 1.78. The van der Waals surface area contributed by atoms with E-state index < -0.39 is 0 Å². The van der Waals surface area contributed by atoms with E-state index in [0.717, 1.165) is 6.42 Å². The number of hydrogen-bond acceptors (Lipinski definition) is 4. The van der Waals surface area contributed by atoms with Gasteiger partial charge in [0.2, 0.25) is 5.88 Å². The average molecular weight is 216 g/mol. The molecule has 0 aromatic carbocycles. The Balaban J connectivity index is 2.50. The minimum absolute atomic E-state index is 0.543. The molecule has 0 amide bonds. The Morgan fingerprint density at radius 3 is 3.07 bits per heavy atom. The zero-order valence-corrected chi connectivity index (χ0v) is 8.92. The molecule has 0 aliphatic rings. The van der Waals surface area contributed by atoms with Crippen LogP contribution in [0.3, 0.4) is 0 Å². The zero-order chi connectivity index (χ0) is 10.2. The first-order chi connectivity index (χ1) is 6.86. The highest BCUT2D eigenvalue weighted by atomic mass is 35.5. The molecule has 4 nitrogen and oxygen atoms in total. The molecule has 0 saturated carbocycles. The summed E-state index contributed by atoms with van der Waals surface area (Å²) in [5, 5.41) is 3.03. The Labute approximate surface area is 88.7 Å². The highest BCUT2D eigenvalue weighted by Crippen LogP contribution is 2.08. The normalized spacial score (nSPS) is 9.86. The fourth-order valence-corrected chi connectivity index (χ4v) is 0.979. The summed E-state index contributed by atoms with van der Waals surface area (Å²) in [6.07, 6.45) is 4.20. The van der Waals surface area contributed by atoms with Crippen LogP contribution in [0.4, 0.5) is 5.82 Å². The maximum atomic E-state index is 5.53. The third-order valence-corrected chi connectivity index (χ3v) is 1.66. The topological polar surface area (TPSA) is 47.0 Å². The summed E-state index contributed by atoms with van der Waals surface area (Å²) in [5.41, 5.74) is 0. The van der Waals surface area contributed by atoms with Gasteiger partial charge in [-0.3, -0.25) is 4.98 Å². The molecule has 0 aliphatic carbocycles. The van der Waals surface area contributed by atoms with E-state index in [4.69, 9.17) is 16.3 Å². The van der Waals surface area contributed by atoms with Gasteiger partial charge >= 0.3 is 0 Å². The van der Waals surface area contributed by atoms with Gasteiger partial charge in [0.15, 0.2) is 0 Å². The van der Waals surface area contributed by atoms with E-state index >= 15 is 0 Å². The van der Waals surface area contributed by atoms with Crippen molar-refractivity contribution in [3.63, 3.8) is 0 Å². The summed E-state index contributed by atoms with van der Waals surface area (Å²) in [6.45, 7) is 3.38. The van der Waals surface area contributed by atoms with Crippen LogP contribution < -0.4 is 10.1 Å². The second kappa shape index (κ2) is 6.43. The first kappa shape index (κ1) is 11.0. The Bertz CT molecular complexity index is 247. The number of halogens is 1. The number of nitrogens with one attached hydrogen (secondary N) is 1. The van der Waals surface area contributed by atoms with Crippen molar-refractivity contribution in [3.8, 4) is 5.88 Å². The molecule has 0 bridgehead atoms. The van der Waals surface area contributed by atoms with E-state index in [0.29, 0.717) is 30.7 Å². The van der Waals surface area contributed by atoms with Crippen LogP contribution in [-0.4, -0.2) is 29.0 Å². The Hall–Kier alpha value is -1.03. The maximum absolute atomic E-state index is 5.53. The molecule has 1 aromatic heterocycles. The van der Waals surface area contributed by atoms with Crippen molar-refractivity contribution in [2.75, 3.05) is 24.3 Å². The van der Waals surface area contributed by atoms with Crippen LogP contribution in [0.15, 0.2) is 12.4 Å². The van der Waals surface area contributed by atoms with E-state index in [1.54, 1.807) is 12.4 Å². The molecule has 0 saturated heterocycles. The van der Waals surface area contributed by atoms with Gasteiger partial charge in [0.1, 0.15) is 5.82 Å². The molecule has 1 rings (SSSR count). The third-order valence-electron chi connectivity index (χ3n) is 1.47. The van der Waals surface area contributed by atoms with Gasteiger partial charge < -0.3 is 10.1 Å². The van der Waals surface area contributed by atoms with E-state index in [-0.39, 0.29) is 0 Å². The van der Waals surface area contributed by atoms with E-state index in [2.05, 4.69) is 15.3 Å². The fourth-order valence-electron chi connectivity index (χ4n) is 0.885. The standard InChI is InChI=1S/C9H14ClN3O/c1-2-5-14-9-7-11-6-8(13-9)12-4-3-10/h6-7H,2-5H2,1H3,(H,12,13). The maximum Gasteiger partial charge on any atom is 0.234 e. The molecule has 0 atom stereocenters. The molecular weight excluding hydrogens is 202 g/mol. The van der Waals surface area contributed by atoms with Crippen LogP contribution in [0.5, 0.6) is 5.88 Å². The van der Waals surface area contributed by atoms with Gasteiger partial charge in [0.25, 0.3) is 0 Å². The van der Waals surface area contributed by atoms with E-state index in [9.17, 15) is 0 Å². The minimum atomic E-state index is 0.543. The van der Waals surface area contributed by atoms with Crippen LogP contribution in [0.25, 0.3) is 0 Å². The first-order valence-corrected chi connectivity index (χ1v) is 5.15. The first-order valence-electron chi connectivity index (χ1n) is 4.61. The van der Waals surface area contributed by atoms with Crippen molar-refractivity contribution >= 4 is 17.4 Å². The molecule has 5 heteroatoms. The molecule has 78 valence electrons. The van der Waals surface area contributed by atoms with Crippen LogP contribution in [0.1, 0.15) is 13.3 Å². The van der Waals surface area contributed by atoms with Crippen LogP contribution in [0.2, 0.25) is 0 Å². The van der Waals surface area contributed by atoms with Gasteiger partial charge in [-0.15, -0.1) is 11.6 Å². The number of nitrogens with zero attached hydrogens (tertiary/aromatic N) is 2. The van der Waals surface area contributed by atoms with Gasteiger partial charge in [-0.25, -0.2) is 0 Å². The molecule has 0 radical (unpaired) electrons. The van der Waals surface area contributed by atoms with Crippen molar-refractivity contribution in [2.24, 2.45) is 0 Å². The SMILES string of the molecule is CCCOc1cncc(NCCCl)n1. The van der Waals surface area contributed by atoms with Gasteiger partial charge in [-0.2, -0.15) is 4.98 Å². The van der Waals surface area contributed by atoms with Crippen molar-refractivity contribution < 1.29 is 4.74 Å². The molecule has 1 N–H and O–H groups in total. The molecule has 1 aromatic rings. The summed E-state index contributed by atoms with van der Waals surface area (Å²) in [4.78, 5) is 8.19. The number of ether oxygens (including phenoxy) is 1. The van der Waals surface area contributed by atoms with Crippen molar-refractivity contribution in [1.29, 1.82) is 0 Å². The number of alkyl halides is 1. The predicted molar refractivity (Wildman–Crippen MR) is 57.0 cm³/mol. The number of anilines is 1. The summed E-state index contributed by atoms with van der Waals surface area (Å²) < 4.78 is 5.33. The Kier molecular flexibility index (Phi) is 5.07. The monoisotopic (exact) mass is 215 g/mol. The minimum Gasteiger partial charge on any atom is -0.477 e. The summed E-state index contributed by atoms with van der Waals surface area (Å²) in [6, 6.07) is 0. The number of hydrogen-bond donors (Lipinski definition) is 1. The largest absolute Gasteiger partial charge is 0.477 e. The fraction of sp³-hybridized carbons (Fsp3) is 0.556. The molecule has 0 fully saturated rings. The molecule has 0 aliphatic heterocycles. The quantitative estimate of drug-likeness (QED) is 0.737. The van der Waals surface area contributed by atoms with Gasteiger partial charge in [-0.1, -0.05) is 6.92 Å². The van der Waals surface area contributed by atoms with Gasteiger partial charge in [0, 0.05) is 12.4 Å². The van der Waals surface area contributed by atoms with E-state index in [1.807, 2.05) is 6.92 Å².